The van der Waals surface area contributed by atoms with Crippen LogP contribution in [0.25, 0.3) is 18.2 Å². The van der Waals surface area contributed by atoms with E-state index < -0.39 is 35.8 Å². The summed E-state index contributed by atoms with van der Waals surface area (Å²) >= 11 is 0. The number of carbonyl (C=O) groups excluding carboxylic acids is 6. The predicted octanol–water partition coefficient (Wildman–Crippen LogP) is 9.31. The number of anilines is 3. The van der Waals surface area contributed by atoms with Crippen LogP contribution in [0.4, 0.5) is 17.1 Å². The lowest BCUT2D eigenvalue weighted by molar-refractivity contribution is -0.146. The molecule has 0 N–H and O–H groups in total. The van der Waals surface area contributed by atoms with Crippen LogP contribution in [0.3, 0.4) is 0 Å². The van der Waals surface area contributed by atoms with Gasteiger partial charge < -0.3 is 43.1 Å². The fraction of sp³-hybridized carbons (Fsp3) is 0.381. The van der Waals surface area contributed by atoms with Crippen molar-refractivity contribution in [2.45, 2.75) is 59.3 Å². The second-order valence-corrected chi connectivity index (χ2v) is 18.7. The number of carbonyl (C=O) groups is 6. The molecule has 0 amide bonds. The number of ether oxygens (including phenoxy) is 6. The van der Waals surface area contributed by atoms with Gasteiger partial charge in [-0.25, -0.2) is 28.8 Å². The molecule has 0 aliphatic heterocycles. The van der Waals surface area contributed by atoms with E-state index in [0.717, 1.165) is 113 Å². The van der Waals surface area contributed by atoms with Crippen molar-refractivity contribution in [1.82, 2.24) is 0 Å². The first kappa shape index (κ1) is 64.3. The lowest BCUT2D eigenvalue weighted by Crippen LogP contribution is -2.33. The second kappa shape index (κ2) is 35.3. The van der Waals surface area contributed by atoms with E-state index in [-0.39, 0.29) is 56.4 Å². The van der Waals surface area contributed by atoms with E-state index in [1.54, 1.807) is 0 Å². The second-order valence-electron chi connectivity index (χ2n) is 18.7. The Labute approximate surface area is 475 Å². The maximum atomic E-state index is 12.6. The van der Waals surface area contributed by atoms with Crippen LogP contribution < -0.4 is 14.7 Å². The number of rotatable bonds is 33. The average molecular weight is 1110 g/mol. The molecular weight excluding hydrogens is 1030 g/mol. The minimum Gasteiger partial charge on any atom is -0.459 e. The molecule has 1 aliphatic carbocycles. The topological polar surface area (TPSA) is 239 Å². The zero-order valence-corrected chi connectivity index (χ0v) is 46.6. The highest BCUT2D eigenvalue weighted by Crippen LogP contribution is 2.39. The fourth-order valence-corrected chi connectivity index (χ4v) is 9.33. The maximum Gasteiger partial charge on any atom is 0.349 e. The summed E-state index contributed by atoms with van der Waals surface area (Å²) in [5, 5.41) is 29.1. The van der Waals surface area contributed by atoms with E-state index in [0.29, 0.717) is 34.4 Å². The molecule has 1 fully saturated rings. The molecule has 0 unspecified atom stereocenters. The summed E-state index contributed by atoms with van der Waals surface area (Å²) in [6.45, 7) is 20.1. The summed E-state index contributed by atoms with van der Waals surface area (Å²) in [6.07, 6.45) is 13.6. The molecule has 426 valence electrons. The number of hydrogen-bond acceptors (Lipinski definition) is 18. The van der Waals surface area contributed by atoms with Gasteiger partial charge in [-0.2, -0.15) is 15.8 Å². The third-order valence-corrected chi connectivity index (χ3v) is 13.5. The van der Waals surface area contributed by atoms with Crippen molar-refractivity contribution in [2.24, 2.45) is 17.8 Å². The van der Waals surface area contributed by atoms with Crippen LogP contribution in [0.5, 0.6) is 0 Å². The molecule has 18 nitrogen and oxygen atoms in total. The van der Waals surface area contributed by atoms with E-state index >= 15 is 0 Å². The first-order valence-corrected chi connectivity index (χ1v) is 27.0. The highest BCUT2D eigenvalue weighted by molar-refractivity contribution is 5.99. The number of hydrogen-bond donors (Lipinski definition) is 0. The van der Waals surface area contributed by atoms with Crippen LogP contribution in [-0.4, -0.2) is 115 Å². The summed E-state index contributed by atoms with van der Waals surface area (Å²) in [4.78, 5) is 78.6. The molecule has 4 rings (SSSR count). The first-order chi connectivity index (χ1) is 39.2. The molecule has 0 heterocycles. The van der Waals surface area contributed by atoms with Crippen molar-refractivity contribution < 1.29 is 57.2 Å². The molecule has 3 aromatic rings. The summed E-state index contributed by atoms with van der Waals surface area (Å²) in [5.41, 5.74) is 4.48. The van der Waals surface area contributed by atoms with E-state index in [1.165, 1.54) is 18.2 Å². The van der Waals surface area contributed by atoms with Crippen molar-refractivity contribution >= 4 is 71.1 Å². The third kappa shape index (κ3) is 22.2. The van der Waals surface area contributed by atoms with Gasteiger partial charge in [0.2, 0.25) is 0 Å². The zero-order chi connectivity index (χ0) is 58.9. The van der Waals surface area contributed by atoms with Gasteiger partial charge in [0.15, 0.2) is 0 Å². The SMILES string of the molecule is C=CC(=O)OCCOC(=O)/C(C#N)=C/c1ccc(N(CC)CCC2CC(CCN(CC)c3ccc(/C=C(\C#N)C(=O)OCCOC(=O)C=C)cc3)CC(CCN(CC)c3ccc(/C=C(\C#N)C(=O)OCCOC(=O)C=C)cc3)C2)cc1. The van der Waals surface area contributed by atoms with Crippen LogP contribution in [0, 0.1) is 51.7 Å². The van der Waals surface area contributed by atoms with E-state index in [2.05, 4.69) is 55.2 Å². The molecule has 0 atom stereocenters. The summed E-state index contributed by atoms with van der Waals surface area (Å²) in [6, 6.07) is 28.8. The van der Waals surface area contributed by atoms with E-state index in [1.807, 2.05) is 91.0 Å². The Kier molecular flexibility index (Phi) is 28.1. The Morgan fingerprint density at radius 2 is 0.667 bits per heavy atom. The van der Waals surface area contributed by atoms with Crippen LogP contribution in [-0.2, 0) is 57.2 Å². The molecule has 18 heteroatoms. The van der Waals surface area contributed by atoms with E-state index in [9.17, 15) is 44.6 Å². The number of benzene rings is 3. The quantitative estimate of drug-likeness (QED) is 0.0181. The van der Waals surface area contributed by atoms with Gasteiger partial charge in [-0.05, 0) is 148 Å². The van der Waals surface area contributed by atoms with Crippen LogP contribution in [0.1, 0.15) is 76.0 Å². The Morgan fingerprint density at radius 3 is 0.877 bits per heavy atom. The van der Waals surface area contributed by atoms with Crippen molar-refractivity contribution in [3.63, 3.8) is 0 Å². The largest absolute Gasteiger partial charge is 0.459 e. The van der Waals surface area contributed by atoms with Gasteiger partial charge in [-0.3, -0.25) is 0 Å². The normalized spacial score (nSPS) is 15.0. The maximum absolute atomic E-state index is 12.6. The monoisotopic (exact) mass is 1100 g/mol. The van der Waals surface area contributed by atoms with Crippen molar-refractivity contribution in [1.29, 1.82) is 15.8 Å². The average Bonchev–Trinajstić information content (AvgIpc) is 3.50. The summed E-state index contributed by atoms with van der Waals surface area (Å²) in [5.74, 6) is -2.99. The first-order valence-electron chi connectivity index (χ1n) is 27.0. The summed E-state index contributed by atoms with van der Waals surface area (Å²) in [7, 11) is 0. The Balaban J connectivity index is 1.47. The van der Waals surface area contributed by atoms with Crippen molar-refractivity contribution in [3.05, 3.63) is 144 Å². The molecule has 0 radical (unpaired) electrons. The molecule has 81 heavy (non-hydrogen) atoms. The molecule has 0 bridgehead atoms. The Hall–Kier alpha value is -9.21. The van der Waals surface area contributed by atoms with Gasteiger partial charge in [0.1, 0.15) is 74.6 Å². The minimum absolute atomic E-state index is 0.157. The Morgan fingerprint density at radius 1 is 0.432 bits per heavy atom. The fourth-order valence-electron chi connectivity index (χ4n) is 9.33. The number of nitriles is 3. The van der Waals surface area contributed by atoms with Gasteiger partial charge in [-0.15, -0.1) is 0 Å². The molecule has 1 saturated carbocycles. The predicted molar refractivity (Wildman–Crippen MR) is 308 cm³/mol. The van der Waals surface area contributed by atoms with Gasteiger partial charge in [0, 0.05) is 74.6 Å². The lowest BCUT2D eigenvalue weighted by Gasteiger charge is -2.38. The zero-order valence-electron chi connectivity index (χ0n) is 46.6. The summed E-state index contributed by atoms with van der Waals surface area (Å²) < 4.78 is 29.9. The molecule has 1 aliphatic rings. The van der Waals surface area contributed by atoms with Crippen LogP contribution >= 0.6 is 0 Å². The molecule has 3 aromatic carbocycles. The molecular formula is C63H72N6O12. The molecule has 0 spiro atoms. The van der Waals surface area contributed by atoms with Crippen molar-refractivity contribution in [3.8, 4) is 18.2 Å². The minimum atomic E-state index is -0.818. The van der Waals surface area contributed by atoms with Crippen molar-refractivity contribution in [2.75, 3.05) is 93.6 Å². The number of esters is 6. The molecule has 0 saturated heterocycles. The van der Waals surface area contributed by atoms with Gasteiger partial charge >= 0.3 is 35.8 Å². The van der Waals surface area contributed by atoms with Crippen LogP contribution in [0.15, 0.2) is 127 Å². The third-order valence-electron chi connectivity index (χ3n) is 13.5. The smallest absolute Gasteiger partial charge is 0.349 e. The van der Waals surface area contributed by atoms with Crippen LogP contribution in [0.2, 0.25) is 0 Å². The van der Waals surface area contributed by atoms with E-state index in [4.69, 9.17) is 28.4 Å². The highest BCUT2D eigenvalue weighted by atomic mass is 16.6. The van der Waals surface area contributed by atoms with Gasteiger partial charge in [-0.1, -0.05) is 56.1 Å². The van der Waals surface area contributed by atoms with Gasteiger partial charge in [0.25, 0.3) is 0 Å². The Bertz CT molecular complexity index is 2540. The molecule has 0 aromatic heterocycles. The lowest BCUT2D eigenvalue weighted by atomic mass is 9.71. The van der Waals surface area contributed by atoms with Gasteiger partial charge in [0.05, 0.1) is 0 Å². The number of nitrogens with zero attached hydrogens (tertiary/aromatic N) is 6. The highest BCUT2D eigenvalue weighted by Gasteiger charge is 2.30. The standard InChI is InChI=1S/C63H72N6O12/c1-7-58(70)76-31-34-79-61(73)52(43-64)40-46-13-19-55(20-14-46)67(10-4)28-25-49-37-50(26-29-68(11-5)56-21-15-47(16-22-56)41-53(44-65)62(74)80-35-32-77-59(71)8-2)39-51(38-49)27-30-69(12-6)57-23-17-48(18-24-57)42-54(45-66)63(75)81-36-33-78-60(72)9-3/h7-9,13-24,40-42,49-51H,1-3,10-12,25-39H2,4-6H3/b52-40+,53-41+,54-42+.